The van der Waals surface area contributed by atoms with Gasteiger partial charge in [0, 0.05) is 10.9 Å². The molecule has 1 aromatic carbocycles. The number of nitrogens with zero attached hydrogens (tertiary/aromatic N) is 2. The molecule has 3 heterocycles. The molecule has 22 heavy (non-hydrogen) atoms. The Kier molecular flexibility index (Phi) is 3.48. The molecule has 0 radical (unpaired) electrons. The molecule has 0 spiro atoms. The highest BCUT2D eigenvalue weighted by Crippen LogP contribution is 2.34. The number of ketones is 1. The summed E-state index contributed by atoms with van der Waals surface area (Å²) >= 11 is 8.72. The van der Waals surface area contributed by atoms with Crippen molar-refractivity contribution in [2.24, 2.45) is 0 Å². The lowest BCUT2D eigenvalue weighted by Gasteiger charge is -2.25. The summed E-state index contributed by atoms with van der Waals surface area (Å²) in [5.41, 5.74) is 0.802. The zero-order valence-electron chi connectivity index (χ0n) is 11.3. The largest absolute Gasteiger partial charge is 0.409 e. The van der Waals surface area contributed by atoms with Crippen LogP contribution in [0, 0.1) is 4.84 Å². The molecule has 2 saturated heterocycles. The molecule has 0 aliphatic carbocycles. The van der Waals surface area contributed by atoms with Gasteiger partial charge in [0.1, 0.15) is 6.10 Å². The van der Waals surface area contributed by atoms with Crippen LogP contribution in [0.1, 0.15) is 12.5 Å². The van der Waals surface area contributed by atoms with Gasteiger partial charge in [0.15, 0.2) is 5.78 Å². The Balaban J connectivity index is 1.73. The van der Waals surface area contributed by atoms with Gasteiger partial charge >= 0.3 is 0 Å². The van der Waals surface area contributed by atoms with Crippen LogP contribution in [0.4, 0.5) is 0 Å². The number of carbonyl (C=O) groups excluding carboxylic acids is 1. The third-order valence-corrected chi connectivity index (χ3v) is 4.76. The van der Waals surface area contributed by atoms with E-state index in [0.29, 0.717) is 12.5 Å². The second kappa shape index (κ2) is 5.38. The van der Waals surface area contributed by atoms with Crippen molar-refractivity contribution in [2.75, 3.05) is 6.61 Å². The summed E-state index contributed by atoms with van der Waals surface area (Å²) in [4.78, 5) is 12.1. The Bertz CT molecular complexity index is 802. The van der Waals surface area contributed by atoms with E-state index in [1.165, 1.54) is 0 Å². The predicted octanol–water partition coefficient (Wildman–Crippen LogP) is 2.89. The zero-order chi connectivity index (χ0) is 15.3. The normalized spacial score (nSPS) is 27.3. The minimum Gasteiger partial charge on any atom is -0.409 e. The van der Waals surface area contributed by atoms with E-state index in [1.807, 2.05) is 24.3 Å². The second-order valence-electron chi connectivity index (χ2n) is 5.18. The highest BCUT2D eigenvalue weighted by atomic mass is 79.9. The van der Waals surface area contributed by atoms with E-state index >= 15 is 0 Å². The van der Waals surface area contributed by atoms with E-state index in [9.17, 15) is 4.79 Å². The van der Waals surface area contributed by atoms with Gasteiger partial charge < -0.3 is 13.9 Å². The minimum atomic E-state index is -0.731. The molecule has 8 heteroatoms. The summed E-state index contributed by atoms with van der Waals surface area (Å²) < 4.78 is 18.9. The van der Waals surface area contributed by atoms with Crippen molar-refractivity contribution < 1.29 is 18.7 Å². The molecule has 2 fully saturated rings. The fourth-order valence-electron chi connectivity index (χ4n) is 2.71. The number of hydrogen-bond acceptors (Lipinski definition) is 6. The summed E-state index contributed by atoms with van der Waals surface area (Å²) in [6.45, 7) is 0.361. The molecule has 1 aromatic heterocycles. The Morgan fingerprint density at radius 1 is 1.36 bits per heavy atom. The van der Waals surface area contributed by atoms with E-state index < -0.39 is 6.29 Å². The number of rotatable bonds is 2. The Hall–Kier alpha value is -1.35. The molecule has 2 aliphatic rings. The lowest BCUT2D eigenvalue weighted by molar-refractivity contribution is -0.156. The monoisotopic (exact) mass is 382 g/mol. The highest BCUT2D eigenvalue weighted by molar-refractivity contribution is 9.10. The number of hydrogen-bond donors (Lipinski definition) is 0. The number of halogens is 1. The highest BCUT2D eigenvalue weighted by Gasteiger charge is 2.45. The maximum Gasteiger partial charge on any atom is 0.287 e. The van der Waals surface area contributed by atoms with Crippen molar-refractivity contribution >= 4 is 33.9 Å². The van der Waals surface area contributed by atoms with E-state index in [2.05, 4.69) is 21.0 Å². The molecule has 114 valence electrons. The Morgan fingerprint density at radius 3 is 3.00 bits per heavy atom. The van der Waals surface area contributed by atoms with Gasteiger partial charge in [-0.15, -0.1) is 5.10 Å². The minimum absolute atomic E-state index is 0.0916. The van der Waals surface area contributed by atoms with Gasteiger partial charge in [-0.2, -0.15) is 0 Å². The average Bonchev–Trinajstić information content (AvgIpc) is 3.09. The first kappa shape index (κ1) is 14.3. The molecule has 2 bridgehead atoms. The van der Waals surface area contributed by atoms with E-state index in [0.717, 1.165) is 10.0 Å². The van der Waals surface area contributed by atoms with Gasteiger partial charge in [0.2, 0.25) is 12.2 Å². The van der Waals surface area contributed by atoms with Crippen LogP contribution in [0.15, 0.2) is 33.2 Å². The molecule has 0 amide bonds. The van der Waals surface area contributed by atoms with Crippen molar-refractivity contribution in [1.29, 1.82) is 0 Å². The Labute approximate surface area is 139 Å². The van der Waals surface area contributed by atoms with Crippen LogP contribution in [0.2, 0.25) is 0 Å². The van der Waals surface area contributed by atoms with Gasteiger partial charge in [0.25, 0.3) is 4.84 Å². The first-order valence-corrected chi connectivity index (χ1v) is 7.98. The molecule has 4 rings (SSSR count). The zero-order valence-corrected chi connectivity index (χ0v) is 13.7. The second-order valence-corrected chi connectivity index (χ2v) is 6.38. The van der Waals surface area contributed by atoms with Crippen molar-refractivity contribution in [3.63, 3.8) is 0 Å². The van der Waals surface area contributed by atoms with Gasteiger partial charge in [-0.3, -0.25) is 4.79 Å². The SMILES string of the molecule is O=C1C[C@@H](n2nc(-c3ccccc3Br)oc2=S)[C@@H]2CO[C@@H]1O2. The van der Waals surface area contributed by atoms with Crippen LogP contribution >= 0.6 is 28.1 Å². The molecule has 0 unspecified atom stereocenters. The third kappa shape index (κ3) is 2.26. The van der Waals surface area contributed by atoms with Gasteiger partial charge in [-0.1, -0.05) is 12.1 Å². The van der Waals surface area contributed by atoms with Crippen molar-refractivity contribution in [3.8, 4) is 11.5 Å². The van der Waals surface area contributed by atoms with Crippen LogP contribution in [-0.2, 0) is 14.3 Å². The summed E-state index contributed by atoms with van der Waals surface area (Å²) in [6.07, 6.45) is -0.678. The van der Waals surface area contributed by atoms with Gasteiger partial charge in [-0.25, -0.2) is 4.68 Å². The van der Waals surface area contributed by atoms with Crippen LogP contribution in [0.25, 0.3) is 11.5 Å². The lowest BCUT2D eigenvalue weighted by Crippen LogP contribution is -2.37. The molecule has 0 N–H and O–H groups in total. The van der Waals surface area contributed by atoms with Crippen LogP contribution in [0.3, 0.4) is 0 Å². The fraction of sp³-hybridized carbons (Fsp3) is 0.357. The van der Waals surface area contributed by atoms with E-state index in [1.54, 1.807) is 4.68 Å². The molecule has 3 atom stereocenters. The van der Waals surface area contributed by atoms with Crippen molar-refractivity contribution in [1.82, 2.24) is 9.78 Å². The van der Waals surface area contributed by atoms with Crippen molar-refractivity contribution in [3.05, 3.63) is 33.6 Å². The standard InChI is InChI=1S/C14H11BrN2O4S/c15-8-4-2-1-3-7(8)12-16-17(14(22)21-12)9-5-10(18)13-19-6-11(9)20-13/h1-4,9,11,13H,5-6H2/t9-,11+,13-/m1/s1. The number of benzene rings is 1. The number of Topliss-reactive ketones (excluding diaryl/α,β-unsaturated/α-hetero) is 1. The summed E-state index contributed by atoms with van der Waals surface area (Å²) in [7, 11) is 0. The lowest BCUT2D eigenvalue weighted by atomic mass is 10.0. The van der Waals surface area contributed by atoms with Crippen LogP contribution in [0.5, 0.6) is 0 Å². The fourth-order valence-corrected chi connectivity index (χ4v) is 3.42. The van der Waals surface area contributed by atoms with Crippen LogP contribution in [-0.4, -0.2) is 34.6 Å². The summed E-state index contributed by atoms with van der Waals surface area (Å²) in [6, 6.07) is 7.28. The molecule has 6 nitrogen and oxygen atoms in total. The quantitative estimate of drug-likeness (QED) is 0.743. The Morgan fingerprint density at radius 2 is 2.18 bits per heavy atom. The number of fused-ring (bicyclic) bond motifs is 2. The van der Waals surface area contributed by atoms with Gasteiger partial charge in [-0.05, 0) is 40.3 Å². The predicted molar refractivity (Wildman–Crippen MR) is 81.7 cm³/mol. The molecule has 2 aliphatic heterocycles. The van der Waals surface area contributed by atoms with E-state index in [-0.39, 0.29) is 29.2 Å². The first-order valence-electron chi connectivity index (χ1n) is 6.78. The smallest absolute Gasteiger partial charge is 0.287 e. The van der Waals surface area contributed by atoms with Crippen LogP contribution < -0.4 is 0 Å². The average molecular weight is 383 g/mol. The molecular formula is C14H11BrN2O4S. The number of aromatic nitrogens is 2. The van der Waals surface area contributed by atoms with Gasteiger partial charge in [0.05, 0.1) is 18.2 Å². The maximum absolute atomic E-state index is 11.9. The van der Waals surface area contributed by atoms with Crippen molar-refractivity contribution in [2.45, 2.75) is 24.9 Å². The number of carbonyl (C=O) groups is 1. The third-order valence-electron chi connectivity index (χ3n) is 3.80. The summed E-state index contributed by atoms with van der Waals surface area (Å²) in [5, 5.41) is 4.44. The van der Waals surface area contributed by atoms with E-state index in [4.69, 9.17) is 26.1 Å². The molecular weight excluding hydrogens is 372 g/mol. The number of ether oxygens (including phenoxy) is 2. The molecule has 0 saturated carbocycles. The first-order chi connectivity index (χ1) is 10.6. The summed E-state index contributed by atoms with van der Waals surface area (Å²) in [5.74, 6) is 0.317. The molecule has 2 aromatic rings. The topological polar surface area (TPSA) is 66.5 Å². The maximum atomic E-state index is 11.9.